The summed E-state index contributed by atoms with van der Waals surface area (Å²) in [6.07, 6.45) is 1.59. The topological polar surface area (TPSA) is 87.9 Å². The fraction of sp³-hybridized carbons (Fsp3) is 0.211. The Morgan fingerprint density at radius 2 is 2.08 bits per heavy atom. The van der Waals surface area contributed by atoms with Crippen LogP contribution in [0.15, 0.2) is 48.7 Å². The lowest BCUT2D eigenvalue weighted by atomic mass is 9.88. The molecular weight excluding hydrogens is 328 g/mol. The number of amides is 1. The number of rotatable bonds is 5. The molecule has 0 bridgehead atoms. The molecule has 0 unspecified atom stereocenters. The second kappa shape index (κ2) is 7.15. The lowest BCUT2D eigenvalue weighted by Crippen LogP contribution is -2.37. The highest BCUT2D eigenvalue weighted by Crippen LogP contribution is 2.25. The van der Waals surface area contributed by atoms with Gasteiger partial charge in [-0.1, -0.05) is 32.6 Å². The molecule has 3 heterocycles. The zero-order valence-electron chi connectivity index (χ0n) is 14.5. The third-order valence-electron chi connectivity index (χ3n) is 3.98. The maximum atomic E-state index is 12.2. The van der Waals surface area contributed by atoms with Crippen molar-refractivity contribution in [2.45, 2.75) is 19.3 Å². The van der Waals surface area contributed by atoms with Gasteiger partial charge in [-0.05, 0) is 30.3 Å². The molecule has 7 heteroatoms. The highest BCUT2D eigenvalue weighted by atomic mass is 16.1. The summed E-state index contributed by atoms with van der Waals surface area (Å²) in [5.74, 6) is 0.151. The summed E-state index contributed by atoms with van der Waals surface area (Å²) in [5.41, 5.74) is 2.11. The third kappa shape index (κ3) is 3.75. The predicted molar refractivity (Wildman–Crippen MR) is 97.7 cm³/mol. The van der Waals surface area contributed by atoms with Crippen molar-refractivity contribution in [2.24, 2.45) is 0 Å². The first kappa shape index (κ1) is 17.3. The Morgan fingerprint density at radius 1 is 1.23 bits per heavy atom. The van der Waals surface area contributed by atoms with Crippen molar-refractivity contribution in [3.8, 4) is 11.4 Å². The number of pyridine rings is 2. The minimum Gasteiger partial charge on any atom is -0.362 e. The van der Waals surface area contributed by atoms with E-state index in [4.69, 9.17) is 6.57 Å². The molecule has 3 rings (SSSR count). The zero-order valence-corrected chi connectivity index (χ0v) is 14.5. The first-order valence-corrected chi connectivity index (χ1v) is 8.09. The molecule has 0 aliphatic heterocycles. The Morgan fingerprint density at radius 3 is 2.77 bits per heavy atom. The maximum Gasteiger partial charge on any atom is 0.269 e. The van der Waals surface area contributed by atoms with E-state index in [2.05, 4.69) is 30.3 Å². The molecule has 3 aromatic heterocycles. The summed E-state index contributed by atoms with van der Waals surface area (Å²) in [6.45, 7) is 11.4. The lowest BCUT2D eigenvalue weighted by Gasteiger charge is -2.24. The van der Waals surface area contributed by atoms with Crippen molar-refractivity contribution >= 4 is 11.7 Å². The van der Waals surface area contributed by atoms with Gasteiger partial charge in [0.2, 0.25) is 0 Å². The number of carbonyl (C=O) groups excluding carboxylic acids is 1. The van der Waals surface area contributed by atoms with Gasteiger partial charge in [-0.2, -0.15) is 0 Å². The number of carbonyl (C=O) groups is 1. The van der Waals surface area contributed by atoms with Crippen LogP contribution in [0.2, 0.25) is 0 Å². The van der Waals surface area contributed by atoms with Crippen LogP contribution in [0.25, 0.3) is 16.2 Å². The van der Waals surface area contributed by atoms with E-state index in [0.29, 0.717) is 29.4 Å². The molecule has 7 nitrogen and oxygen atoms in total. The number of aromatic nitrogens is 4. The standard InChI is InChI=1S/C19H18N6O/c1-19(2,12-22-18(26)14-7-4-5-10-21-14)16-9-6-8-13(23-16)15-11-17(20-3)25-24-15/h4-11H,12H2,1-2H3,(H,22,26)(H,24,25). The Balaban J connectivity index is 1.76. The van der Waals surface area contributed by atoms with Crippen LogP contribution in [0.5, 0.6) is 0 Å². The van der Waals surface area contributed by atoms with Gasteiger partial charge in [0.05, 0.1) is 5.69 Å². The second-order valence-corrected chi connectivity index (χ2v) is 6.44. The normalized spacial score (nSPS) is 11.0. The van der Waals surface area contributed by atoms with E-state index in [9.17, 15) is 4.79 Å². The third-order valence-corrected chi connectivity index (χ3v) is 3.98. The van der Waals surface area contributed by atoms with Crippen molar-refractivity contribution in [1.82, 2.24) is 25.5 Å². The molecule has 0 aliphatic rings. The fourth-order valence-corrected chi connectivity index (χ4v) is 2.43. The molecule has 1 amide bonds. The van der Waals surface area contributed by atoms with Crippen LogP contribution in [-0.2, 0) is 5.41 Å². The molecule has 0 saturated heterocycles. The lowest BCUT2D eigenvalue weighted by molar-refractivity contribution is 0.0940. The van der Waals surface area contributed by atoms with Gasteiger partial charge in [-0.25, -0.2) is 5.10 Å². The van der Waals surface area contributed by atoms with E-state index in [1.54, 1.807) is 30.5 Å². The van der Waals surface area contributed by atoms with E-state index in [0.717, 1.165) is 5.69 Å². The van der Waals surface area contributed by atoms with E-state index < -0.39 is 0 Å². The number of hydrogen-bond acceptors (Lipinski definition) is 4. The van der Waals surface area contributed by atoms with Gasteiger partial charge in [0, 0.05) is 23.9 Å². The van der Waals surface area contributed by atoms with Crippen LogP contribution in [-0.4, -0.2) is 32.6 Å². The van der Waals surface area contributed by atoms with Crippen LogP contribution in [0.1, 0.15) is 30.0 Å². The molecule has 0 aliphatic carbocycles. The predicted octanol–water partition coefficient (Wildman–Crippen LogP) is 3.13. The quantitative estimate of drug-likeness (QED) is 0.695. The van der Waals surface area contributed by atoms with Crippen LogP contribution >= 0.6 is 0 Å². The maximum absolute atomic E-state index is 12.2. The Hall–Kier alpha value is -3.53. The molecular formula is C19H18N6O. The fourth-order valence-electron chi connectivity index (χ4n) is 2.43. The Bertz CT molecular complexity index is 955. The molecule has 3 aromatic rings. The smallest absolute Gasteiger partial charge is 0.269 e. The van der Waals surface area contributed by atoms with E-state index in [1.807, 2.05) is 32.0 Å². The zero-order chi connectivity index (χ0) is 18.6. The van der Waals surface area contributed by atoms with Gasteiger partial charge in [0.1, 0.15) is 11.4 Å². The number of nitrogens with zero attached hydrogens (tertiary/aromatic N) is 4. The van der Waals surface area contributed by atoms with Crippen molar-refractivity contribution in [3.05, 3.63) is 71.5 Å². The summed E-state index contributed by atoms with van der Waals surface area (Å²) >= 11 is 0. The number of nitrogens with one attached hydrogen (secondary N) is 2. The summed E-state index contributed by atoms with van der Waals surface area (Å²) < 4.78 is 0. The summed E-state index contributed by atoms with van der Waals surface area (Å²) in [6, 6.07) is 12.5. The molecule has 130 valence electrons. The van der Waals surface area contributed by atoms with E-state index >= 15 is 0 Å². The first-order valence-electron chi connectivity index (χ1n) is 8.09. The number of hydrogen-bond donors (Lipinski definition) is 2. The van der Waals surface area contributed by atoms with Crippen molar-refractivity contribution in [2.75, 3.05) is 6.54 Å². The average molecular weight is 346 g/mol. The molecule has 0 radical (unpaired) electrons. The van der Waals surface area contributed by atoms with Crippen LogP contribution < -0.4 is 5.32 Å². The Kier molecular flexibility index (Phi) is 4.76. The number of aromatic amines is 1. The number of H-pyrrole nitrogens is 1. The molecule has 0 saturated carbocycles. The van der Waals surface area contributed by atoms with Crippen LogP contribution in [0.4, 0.5) is 5.82 Å². The van der Waals surface area contributed by atoms with Crippen molar-refractivity contribution in [3.63, 3.8) is 0 Å². The average Bonchev–Trinajstić information content (AvgIpc) is 3.16. The largest absolute Gasteiger partial charge is 0.362 e. The van der Waals surface area contributed by atoms with E-state index in [1.165, 1.54) is 0 Å². The Labute approximate surface area is 151 Å². The first-order chi connectivity index (χ1) is 12.5. The van der Waals surface area contributed by atoms with E-state index in [-0.39, 0.29) is 11.3 Å². The molecule has 2 N–H and O–H groups in total. The van der Waals surface area contributed by atoms with Gasteiger partial charge >= 0.3 is 0 Å². The summed E-state index contributed by atoms with van der Waals surface area (Å²) in [5, 5.41) is 9.68. The van der Waals surface area contributed by atoms with Gasteiger partial charge in [-0.15, -0.1) is 5.10 Å². The molecule has 0 atom stereocenters. The molecule has 0 spiro atoms. The van der Waals surface area contributed by atoms with Crippen LogP contribution in [0.3, 0.4) is 0 Å². The summed E-state index contributed by atoms with van der Waals surface area (Å²) in [7, 11) is 0. The highest BCUT2D eigenvalue weighted by Gasteiger charge is 2.24. The van der Waals surface area contributed by atoms with Crippen molar-refractivity contribution in [1.29, 1.82) is 0 Å². The molecule has 0 fully saturated rings. The van der Waals surface area contributed by atoms with Crippen molar-refractivity contribution < 1.29 is 4.79 Å². The second-order valence-electron chi connectivity index (χ2n) is 6.44. The molecule has 0 aromatic carbocycles. The van der Waals surface area contributed by atoms with Crippen LogP contribution in [0, 0.1) is 6.57 Å². The SMILES string of the molecule is [C-]#[N+]c1cc(-c2cccc(C(C)(C)CNC(=O)c3ccccn3)n2)n[nH]1. The van der Waals surface area contributed by atoms with Gasteiger partial charge in [-0.3, -0.25) is 14.8 Å². The van der Waals surface area contributed by atoms with Gasteiger partial charge < -0.3 is 10.2 Å². The van der Waals surface area contributed by atoms with Gasteiger partial charge in [0.15, 0.2) is 0 Å². The minimum atomic E-state index is -0.389. The minimum absolute atomic E-state index is 0.219. The summed E-state index contributed by atoms with van der Waals surface area (Å²) in [4.78, 5) is 24.2. The highest BCUT2D eigenvalue weighted by molar-refractivity contribution is 5.92. The monoisotopic (exact) mass is 346 g/mol. The van der Waals surface area contributed by atoms with Gasteiger partial charge in [0.25, 0.3) is 11.7 Å². The molecule has 26 heavy (non-hydrogen) atoms.